The Bertz CT molecular complexity index is 755. The highest BCUT2D eigenvalue weighted by Crippen LogP contribution is 2.28. The normalized spacial score (nSPS) is 11.2. The van der Waals surface area contributed by atoms with Crippen molar-refractivity contribution in [1.29, 1.82) is 0 Å². The summed E-state index contributed by atoms with van der Waals surface area (Å²) >= 11 is 0. The minimum absolute atomic E-state index is 0.493. The largest absolute Gasteiger partial charge is 0.496 e. The van der Waals surface area contributed by atoms with Crippen molar-refractivity contribution in [2.24, 2.45) is 0 Å². The molecule has 21 heavy (non-hydrogen) atoms. The van der Waals surface area contributed by atoms with Gasteiger partial charge in [0.1, 0.15) is 5.75 Å². The van der Waals surface area contributed by atoms with Crippen molar-refractivity contribution in [3.8, 4) is 5.75 Å². The SMILES string of the molecule is COc1ccccc1Cn1c(C(C)C)cc2ccccc21. The third kappa shape index (κ3) is 2.54. The van der Waals surface area contributed by atoms with Gasteiger partial charge < -0.3 is 9.30 Å². The van der Waals surface area contributed by atoms with Crippen LogP contribution in [-0.4, -0.2) is 11.7 Å². The predicted octanol–water partition coefficient (Wildman–Crippen LogP) is 4.82. The Morgan fingerprint density at radius 2 is 1.71 bits per heavy atom. The zero-order chi connectivity index (χ0) is 14.8. The minimum Gasteiger partial charge on any atom is -0.496 e. The average Bonchev–Trinajstić information content (AvgIpc) is 2.87. The molecule has 1 heterocycles. The van der Waals surface area contributed by atoms with E-state index < -0.39 is 0 Å². The fourth-order valence-electron chi connectivity index (χ4n) is 2.89. The number of para-hydroxylation sites is 2. The van der Waals surface area contributed by atoms with Crippen molar-refractivity contribution in [3.63, 3.8) is 0 Å². The summed E-state index contributed by atoms with van der Waals surface area (Å²) in [7, 11) is 1.73. The summed E-state index contributed by atoms with van der Waals surface area (Å²) in [4.78, 5) is 0. The molecular weight excluding hydrogens is 258 g/mol. The van der Waals surface area contributed by atoms with E-state index in [0.29, 0.717) is 5.92 Å². The molecule has 0 atom stereocenters. The van der Waals surface area contributed by atoms with Gasteiger partial charge in [-0.1, -0.05) is 50.2 Å². The van der Waals surface area contributed by atoms with Gasteiger partial charge in [0.05, 0.1) is 13.7 Å². The fourth-order valence-corrected chi connectivity index (χ4v) is 2.89. The second-order valence-corrected chi connectivity index (χ2v) is 5.68. The number of aromatic nitrogens is 1. The Morgan fingerprint density at radius 3 is 2.48 bits per heavy atom. The van der Waals surface area contributed by atoms with E-state index in [4.69, 9.17) is 4.74 Å². The maximum atomic E-state index is 5.49. The van der Waals surface area contributed by atoms with Gasteiger partial charge in [-0.05, 0) is 29.5 Å². The van der Waals surface area contributed by atoms with Gasteiger partial charge in [0.2, 0.25) is 0 Å². The lowest BCUT2D eigenvalue weighted by atomic mass is 10.1. The smallest absolute Gasteiger partial charge is 0.123 e. The molecule has 2 nitrogen and oxygen atoms in total. The van der Waals surface area contributed by atoms with Gasteiger partial charge in [-0.15, -0.1) is 0 Å². The van der Waals surface area contributed by atoms with Crippen LogP contribution >= 0.6 is 0 Å². The van der Waals surface area contributed by atoms with Gasteiger partial charge in [0.15, 0.2) is 0 Å². The highest BCUT2D eigenvalue weighted by molar-refractivity contribution is 5.81. The van der Waals surface area contributed by atoms with E-state index in [1.165, 1.54) is 22.2 Å². The van der Waals surface area contributed by atoms with Gasteiger partial charge >= 0.3 is 0 Å². The molecule has 0 fully saturated rings. The first-order valence-corrected chi connectivity index (χ1v) is 7.40. The zero-order valence-corrected chi connectivity index (χ0v) is 12.8. The van der Waals surface area contributed by atoms with E-state index >= 15 is 0 Å². The predicted molar refractivity (Wildman–Crippen MR) is 88.1 cm³/mol. The monoisotopic (exact) mass is 279 g/mol. The molecule has 0 amide bonds. The number of fused-ring (bicyclic) bond motifs is 1. The molecule has 3 rings (SSSR count). The van der Waals surface area contributed by atoms with Crippen LogP contribution in [0.25, 0.3) is 10.9 Å². The van der Waals surface area contributed by atoms with E-state index in [2.05, 4.69) is 60.9 Å². The van der Waals surface area contributed by atoms with Crippen LogP contribution in [0.2, 0.25) is 0 Å². The number of hydrogen-bond acceptors (Lipinski definition) is 1. The molecule has 0 aliphatic heterocycles. The maximum absolute atomic E-state index is 5.49. The molecule has 2 aromatic carbocycles. The third-order valence-electron chi connectivity index (χ3n) is 3.96. The quantitative estimate of drug-likeness (QED) is 0.667. The number of rotatable bonds is 4. The van der Waals surface area contributed by atoms with Crippen molar-refractivity contribution >= 4 is 10.9 Å². The van der Waals surface area contributed by atoms with Crippen LogP contribution in [0.4, 0.5) is 0 Å². The lowest BCUT2D eigenvalue weighted by Gasteiger charge is -2.15. The molecule has 108 valence electrons. The van der Waals surface area contributed by atoms with Crippen LogP contribution in [0, 0.1) is 0 Å². The molecule has 0 saturated heterocycles. The number of hydrogen-bond donors (Lipinski definition) is 0. The first kappa shape index (κ1) is 13.7. The van der Waals surface area contributed by atoms with Gasteiger partial charge in [-0.3, -0.25) is 0 Å². The first-order valence-electron chi connectivity index (χ1n) is 7.40. The number of ether oxygens (including phenoxy) is 1. The van der Waals surface area contributed by atoms with Crippen LogP contribution in [-0.2, 0) is 6.54 Å². The lowest BCUT2D eigenvalue weighted by molar-refractivity contribution is 0.408. The summed E-state index contributed by atoms with van der Waals surface area (Å²) < 4.78 is 7.89. The minimum atomic E-state index is 0.493. The van der Waals surface area contributed by atoms with Gasteiger partial charge in [0.25, 0.3) is 0 Å². The molecule has 1 aromatic heterocycles. The second-order valence-electron chi connectivity index (χ2n) is 5.68. The Hall–Kier alpha value is -2.22. The summed E-state index contributed by atoms with van der Waals surface area (Å²) in [6.45, 7) is 5.32. The van der Waals surface area contributed by atoms with Gasteiger partial charge in [0, 0.05) is 16.8 Å². The Labute approximate surface area is 126 Å². The summed E-state index contributed by atoms with van der Waals surface area (Å²) in [5.41, 5.74) is 3.86. The van der Waals surface area contributed by atoms with Crippen LogP contribution in [0.15, 0.2) is 54.6 Å². The van der Waals surface area contributed by atoms with E-state index in [1.807, 2.05) is 12.1 Å². The van der Waals surface area contributed by atoms with Crippen molar-refractivity contribution in [1.82, 2.24) is 4.57 Å². The molecule has 3 aromatic rings. The van der Waals surface area contributed by atoms with Crippen molar-refractivity contribution < 1.29 is 4.74 Å². The Kier molecular flexibility index (Phi) is 3.70. The topological polar surface area (TPSA) is 14.2 Å². The molecule has 0 aliphatic rings. The number of benzene rings is 2. The van der Waals surface area contributed by atoms with E-state index in [0.717, 1.165) is 12.3 Å². The molecule has 0 unspecified atom stereocenters. The number of methoxy groups -OCH3 is 1. The second kappa shape index (κ2) is 5.65. The van der Waals surface area contributed by atoms with E-state index in [9.17, 15) is 0 Å². The average molecular weight is 279 g/mol. The highest BCUT2D eigenvalue weighted by Gasteiger charge is 2.13. The summed E-state index contributed by atoms with van der Waals surface area (Å²) in [6.07, 6.45) is 0. The Balaban J connectivity index is 2.13. The maximum Gasteiger partial charge on any atom is 0.123 e. The highest BCUT2D eigenvalue weighted by atomic mass is 16.5. The molecular formula is C19H21NO. The van der Waals surface area contributed by atoms with Crippen LogP contribution in [0.5, 0.6) is 5.75 Å². The zero-order valence-electron chi connectivity index (χ0n) is 12.8. The molecule has 0 N–H and O–H groups in total. The summed E-state index contributed by atoms with van der Waals surface area (Å²) in [5.74, 6) is 1.44. The van der Waals surface area contributed by atoms with E-state index in [1.54, 1.807) is 7.11 Å². The Morgan fingerprint density at radius 1 is 1.00 bits per heavy atom. The van der Waals surface area contributed by atoms with Crippen LogP contribution in [0.1, 0.15) is 31.0 Å². The van der Waals surface area contributed by atoms with Crippen molar-refractivity contribution in [2.45, 2.75) is 26.3 Å². The van der Waals surface area contributed by atoms with Gasteiger partial charge in [-0.25, -0.2) is 0 Å². The molecule has 2 heteroatoms. The summed E-state index contributed by atoms with van der Waals surface area (Å²) in [5, 5.41) is 1.30. The number of nitrogens with zero attached hydrogens (tertiary/aromatic N) is 1. The van der Waals surface area contributed by atoms with Crippen LogP contribution in [0.3, 0.4) is 0 Å². The molecule has 0 bridgehead atoms. The fraction of sp³-hybridized carbons (Fsp3) is 0.263. The van der Waals surface area contributed by atoms with Crippen molar-refractivity contribution in [3.05, 3.63) is 65.9 Å². The molecule has 0 radical (unpaired) electrons. The first-order chi connectivity index (χ1) is 10.2. The van der Waals surface area contributed by atoms with Crippen molar-refractivity contribution in [2.75, 3.05) is 7.11 Å². The summed E-state index contributed by atoms with van der Waals surface area (Å²) in [6, 6.07) is 19.1. The van der Waals surface area contributed by atoms with Crippen LogP contribution < -0.4 is 4.74 Å². The molecule has 0 saturated carbocycles. The third-order valence-corrected chi connectivity index (χ3v) is 3.96. The standard InChI is InChI=1S/C19H21NO/c1-14(2)18-12-15-8-4-6-10-17(15)20(18)13-16-9-5-7-11-19(16)21-3/h4-12,14H,13H2,1-3H3. The molecule has 0 spiro atoms. The molecule has 0 aliphatic carbocycles. The lowest BCUT2D eigenvalue weighted by Crippen LogP contribution is -2.06. The van der Waals surface area contributed by atoms with Gasteiger partial charge in [-0.2, -0.15) is 0 Å². The van der Waals surface area contributed by atoms with E-state index in [-0.39, 0.29) is 0 Å².